The minimum atomic E-state index is -0.684. The first-order chi connectivity index (χ1) is 10.2. The van der Waals surface area contributed by atoms with Gasteiger partial charge in [0.25, 0.3) is 0 Å². The number of piperidine rings is 1. The van der Waals surface area contributed by atoms with Crippen LogP contribution in [0.1, 0.15) is 37.3 Å². The Balaban J connectivity index is 1.72. The standard InChI is InChI=1S/C16H23N3O2/c17-15(13-7-3-1-4-8-13)16(21)18-10-9-14(20)19-11-5-2-6-12-19/h1,3-4,7-8,15H,2,5-6,9-12,17H2,(H,18,21)/t15-/m0/s1. The molecule has 114 valence electrons. The van der Waals surface area contributed by atoms with Crippen molar-refractivity contribution in [2.24, 2.45) is 5.73 Å². The number of hydrogen-bond acceptors (Lipinski definition) is 3. The average Bonchev–Trinajstić information content (AvgIpc) is 2.55. The van der Waals surface area contributed by atoms with E-state index in [-0.39, 0.29) is 11.8 Å². The molecule has 0 bridgehead atoms. The molecule has 1 aromatic rings. The van der Waals surface area contributed by atoms with Crippen LogP contribution in [0.4, 0.5) is 0 Å². The van der Waals surface area contributed by atoms with Crippen LogP contribution in [-0.2, 0) is 9.59 Å². The van der Waals surface area contributed by atoms with Crippen molar-refractivity contribution in [1.29, 1.82) is 0 Å². The molecule has 3 N–H and O–H groups in total. The molecule has 1 aromatic carbocycles. The molecule has 21 heavy (non-hydrogen) atoms. The fourth-order valence-electron chi connectivity index (χ4n) is 2.52. The summed E-state index contributed by atoms with van der Waals surface area (Å²) in [4.78, 5) is 25.8. The Morgan fingerprint density at radius 3 is 2.48 bits per heavy atom. The number of carbonyl (C=O) groups excluding carboxylic acids is 2. The molecular weight excluding hydrogens is 266 g/mol. The van der Waals surface area contributed by atoms with Gasteiger partial charge in [-0.15, -0.1) is 0 Å². The Hall–Kier alpha value is -1.88. The zero-order chi connectivity index (χ0) is 15.1. The van der Waals surface area contributed by atoms with Crippen molar-refractivity contribution in [3.8, 4) is 0 Å². The highest BCUT2D eigenvalue weighted by Gasteiger charge is 2.18. The molecule has 0 aliphatic carbocycles. The molecule has 1 heterocycles. The monoisotopic (exact) mass is 289 g/mol. The molecule has 5 nitrogen and oxygen atoms in total. The highest BCUT2D eigenvalue weighted by molar-refractivity contribution is 5.83. The summed E-state index contributed by atoms with van der Waals surface area (Å²) in [6, 6.07) is 8.54. The maximum absolute atomic E-state index is 12.0. The van der Waals surface area contributed by atoms with Crippen molar-refractivity contribution in [3.05, 3.63) is 35.9 Å². The second-order valence-corrected chi connectivity index (χ2v) is 5.37. The summed E-state index contributed by atoms with van der Waals surface area (Å²) in [5.41, 5.74) is 6.67. The number of nitrogens with two attached hydrogens (primary N) is 1. The molecule has 0 spiro atoms. The highest BCUT2D eigenvalue weighted by Crippen LogP contribution is 2.10. The first-order valence-electron chi connectivity index (χ1n) is 7.54. The third kappa shape index (κ3) is 4.56. The van der Waals surface area contributed by atoms with Gasteiger partial charge in [0.05, 0.1) is 0 Å². The van der Waals surface area contributed by atoms with Gasteiger partial charge in [-0.25, -0.2) is 0 Å². The van der Waals surface area contributed by atoms with Crippen molar-refractivity contribution < 1.29 is 9.59 Å². The van der Waals surface area contributed by atoms with E-state index < -0.39 is 6.04 Å². The molecule has 2 amide bonds. The van der Waals surface area contributed by atoms with Crippen LogP contribution < -0.4 is 11.1 Å². The smallest absolute Gasteiger partial charge is 0.241 e. The van der Waals surface area contributed by atoms with E-state index in [4.69, 9.17) is 5.73 Å². The van der Waals surface area contributed by atoms with E-state index in [0.717, 1.165) is 31.5 Å². The average molecular weight is 289 g/mol. The topological polar surface area (TPSA) is 75.4 Å². The Morgan fingerprint density at radius 1 is 1.14 bits per heavy atom. The lowest BCUT2D eigenvalue weighted by Gasteiger charge is -2.26. The van der Waals surface area contributed by atoms with Crippen molar-refractivity contribution >= 4 is 11.8 Å². The Kier molecular flexibility index (Phi) is 5.75. The van der Waals surface area contributed by atoms with Gasteiger partial charge < -0.3 is 16.0 Å². The number of amides is 2. The molecule has 1 atom stereocenters. The molecule has 0 radical (unpaired) electrons. The quantitative estimate of drug-likeness (QED) is 0.855. The van der Waals surface area contributed by atoms with Crippen LogP contribution in [0.5, 0.6) is 0 Å². The normalized spacial score (nSPS) is 16.3. The minimum Gasteiger partial charge on any atom is -0.354 e. The van der Waals surface area contributed by atoms with E-state index in [0.29, 0.717) is 13.0 Å². The highest BCUT2D eigenvalue weighted by atomic mass is 16.2. The van der Waals surface area contributed by atoms with Crippen molar-refractivity contribution in [1.82, 2.24) is 10.2 Å². The van der Waals surface area contributed by atoms with Gasteiger partial charge in [0.15, 0.2) is 0 Å². The summed E-state index contributed by atoms with van der Waals surface area (Å²) in [5, 5.41) is 2.74. The van der Waals surface area contributed by atoms with Gasteiger partial charge in [-0.2, -0.15) is 0 Å². The molecule has 1 fully saturated rings. The van der Waals surface area contributed by atoms with Gasteiger partial charge in [0.2, 0.25) is 11.8 Å². The van der Waals surface area contributed by atoms with Crippen LogP contribution in [0.3, 0.4) is 0 Å². The lowest BCUT2D eigenvalue weighted by Crippen LogP contribution is -2.39. The summed E-state index contributed by atoms with van der Waals surface area (Å²) in [6.45, 7) is 2.03. The lowest BCUT2D eigenvalue weighted by atomic mass is 10.1. The summed E-state index contributed by atoms with van der Waals surface area (Å²) >= 11 is 0. The van der Waals surface area contributed by atoms with Crippen molar-refractivity contribution in [3.63, 3.8) is 0 Å². The third-order valence-corrected chi connectivity index (χ3v) is 3.79. The van der Waals surface area contributed by atoms with Crippen LogP contribution in [0, 0.1) is 0 Å². The predicted octanol–water partition coefficient (Wildman–Crippen LogP) is 1.21. The number of benzene rings is 1. The third-order valence-electron chi connectivity index (χ3n) is 3.79. The van der Waals surface area contributed by atoms with Crippen LogP contribution in [-0.4, -0.2) is 36.3 Å². The van der Waals surface area contributed by atoms with Gasteiger partial charge in [-0.1, -0.05) is 30.3 Å². The second kappa shape index (κ2) is 7.78. The second-order valence-electron chi connectivity index (χ2n) is 5.37. The van der Waals surface area contributed by atoms with E-state index in [2.05, 4.69) is 5.32 Å². The molecule has 1 aliphatic rings. The molecule has 0 unspecified atom stereocenters. The van der Waals surface area contributed by atoms with Gasteiger partial charge in [0.1, 0.15) is 6.04 Å². The van der Waals surface area contributed by atoms with Crippen LogP contribution in [0.25, 0.3) is 0 Å². The van der Waals surface area contributed by atoms with E-state index in [1.807, 2.05) is 35.2 Å². The Morgan fingerprint density at radius 2 is 1.81 bits per heavy atom. The molecule has 5 heteroatoms. The summed E-state index contributed by atoms with van der Waals surface area (Å²) in [5.74, 6) is -0.129. The zero-order valence-electron chi connectivity index (χ0n) is 12.3. The lowest BCUT2D eigenvalue weighted by molar-refractivity contribution is -0.132. The predicted molar refractivity (Wildman–Crippen MR) is 81.4 cm³/mol. The Labute approximate surface area is 125 Å². The number of nitrogens with one attached hydrogen (secondary N) is 1. The SMILES string of the molecule is N[C@H](C(=O)NCCC(=O)N1CCCCC1)c1ccccc1. The molecule has 1 aliphatic heterocycles. The van der Waals surface area contributed by atoms with Crippen molar-refractivity contribution in [2.45, 2.75) is 31.7 Å². The van der Waals surface area contributed by atoms with Gasteiger partial charge >= 0.3 is 0 Å². The molecule has 2 rings (SSSR count). The fourth-order valence-corrected chi connectivity index (χ4v) is 2.52. The van der Waals surface area contributed by atoms with E-state index >= 15 is 0 Å². The fraction of sp³-hybridized carbons (Fsp3) is 0.500. The summed E-state index contributed by atoms with van der Waals surface area (Å²) < 4.78 is 0. The zero-order valence-corrected chi connectivity index (χ0v) is 12.3. The number of hydrogen-bond donors (Lipinski definition) is 2. The molecular formula is C16H23N3O2. The molecule has 0 aromatic heterocycles. The maximum Gasteiger partial charge on any atom is 0.241 e. The number of rotatable bonds is 5. The first kappa shape index (κ1) is 15.5. The number of carbonyl (C=O) groups is 2. The van der Waals surface area contributed by atoms with E-state index in [9.17, 15) is 9.59 Å². The van der Waals surface area contributed by atoms with E-state index in [1.165, 1.54) is 6.42 Å². The van der Waals surface area contributed by atoms with Gasteiger partial charge in [-0.05, 0) is 24.8 Å². The number of likely N-dealkylation sites (tertiary alicyclic amines) is 1. The van der Waals surface area contributed by atoms with Crippen LogP contribution >= 0.6 is 0 Å². The van der Waals surface area contributed by atoms with Gasteiger partial charge in [0, 0.05) is 26.1 Å². The first-order valence-corrected chi connectivity index (χ1v) is 7.54. The van der Waals surface area contributed by atoms with Crippen LogP contribution in [0.2, 0.25) is 0 Å². The number of nitrogens with zero attached hydrogens (tertiary/aromatic N) is 1. The summed E-state index contributed by atoms with van der Waals surface area (Å²) in [6.07, 6.45) is 3.70. The summed E-state index contributed by atoms with van der Waals surface area (Å²) in [7, 11) is 0. The maximum atomic E-state index is 12.0. The molecule has 0 saturated carbocycles. The minimum absolute atomic E-state index is 0.114. The van der Waals surface area contributed by atoms with Crippen molar-refractivity contribution in [2.75, 3.05) is 19.6 Å². The van der Waals surface area contributed by atoms with E-state index in [1.54, 1.807) is 0 Å². The van der Waals surface area contributed by atoms with Crippen LogP contribution in [0.15, 0.2) is 30.3 Å². The molecule has 1 saturated heterocycles. The Bertz CT molecular complexity index is 470. The largest absolute Gasteiger partial charge is 0.354 e. The van der Waals surface area contributed by atoms with Gasteiger partial charge in [-0.3, -0.25) is 9.59 Å².